The first-order chi connectivity index (χ1) is 12.7. The molecule has 1 atom stereocenters. The highest BCUT2D eigenvalue weighted by atomic mass is 32.1. The molecule has 2 aromatic heterocycles. The lowest BCUT2D eigenvalue weighted by Gasteiger charge is -2.18. The van der Waals surface area contributed by atoms with E-state index in [4.69, 9.17) is 4.42 Å². The van der Waals surface area contributed by atoms with E-state index in [0.29, 0.717) is 5.76 Å². The van der Waals surface area contributed by atoms with Crippen LogP contribution in [0.15, 0.2) is 76.5 Å². The van der Waals surface area contributed by atoms with Crippen LogP contribution in [0.5, 0.6) is 0 Å². The Kier molecular flexibility index (Phi) is 4.59. The minimum absolute atomic E-state index is 0.193. The summed E-state index contributed by atoms with van der Waals surface area (Å²) in [6, 6.07) is 21.7. The quantitative estimate of drug-likeness (QED) is 0.504. The number of para-hydroxylation sites is 1. The molecule has 2 aromatic carbocycles. The molecule has 0 saturated heterocycles. The summed E-state index contributed by atoms with van der Waals surface area (Å²) in [6.45, 7) is 2.13. The number of nitrogens with one attached hydrogen (secondary N) is 1. The fourth-order valence-electron chi connectivity index (χ4n) is 3.02. The highest BCUT2D eigenvalue weighted by Gasteiger charge is 2.21. The lowest BCUT2D eigenvalue weighted by molar-refractivity contribution is 0.0918. The summed E-state index contributed by atoms with van der Waals surface area (Å²) in [5.74, 6) is 0.122. The predicted molar refractivity (Wildman–Crippen MR) is 106 cm³/mol. The van der Waals surface area contributed by atoms with Crippen LogP contribution in [0.4, 0.5) is 0 Å². The summed E-state index contributed by atoms with van der Waals surface area (Å²) in [5.41, 5.74) is 3.06. The molecule has 0 fully saturated rings. The van der Waals surface area contributed by atoms with Gasteiger partial charge in [0.05, 0.1) is 6.04 Å². The number of amides is 1. The molecule has 0 radical (unpaired) electrons. The molecule has 0 unspecified atom stereocenters. The Labute approximate surface area is 156 Å². The van der Waals surface area contributed by atoms with Crippen molar-refractivity contribution in [2.24, 2.45) is 0 Å². The van der Waals surface area contributed by atoms with E-state index in [1.54, 1.807) is 17.4 Å². The molecule has 4 aromatic rings. The standard InChI is InChI=1S/C22H19NO2S/c1-2-15-9-11-16(12-10-15)21(20-8-5-13-26-20)23-22(24)19-14-17-6-3-4-7-18(17)25-19/h3-14,21H,2H2,1H3,(H,23,24)/t21-/m1/s1. The molecule has 0 aliphatic rings. The van der Waals surface area contributed by atoms with Crippen molar-refractivity contribution in [2.75, 3.05) is 0 Å². The van der Waals surface area contributed by atoms with Crippen LogP contribution in [0.2, 0.25) is 0 Å². The molecule has 4 heteroatoms. The van der Waals surface area contributed by atoms with Crippen molar-refractivity contribution in [3.63, 3.8) is 0 Å². The Balaban J connectivity index is 1.64. The van der Waals surface area contributed by atoms with Crippen molar-refractivity contribution in [1.82, 2.24) is 5.32 Å². The molecular formula is C22H19NO2S. The average Bonchev–Trinajstić information content (AvgIpc) is 3.35. The minimum atomic E-state index is -0.209. The van der Waals surface area contributed by atoms with E-state index in [2.05, 4.69) is 36.5 Å². The van der Waals surface area contributed by atoms with Crippen LogP contribution in [-0.2, 0) is 6.42 Å². The molecule has 3 nitrogen and oxygen atoms in total. The maximum atomic E-state index is 12.8. The van der Waals surface area contributed by atoms with E-state index < -0.39 is 0 Å². The van der Waals surface area contributed by atoms with Gasteiger partial charge in [-0.3, -0.25) is 4.79 Å². The molecule has 1 amide bonds. The predicted octanol–water partition coefficient (Wildman–Crippen LogP) is 5.58. The van der Waals surface area contributed by atoms with Crippen LogP contribution in [0, 0.1) is 0 Å². The second kappa shape index (κ2) is 7.18. The highest BCUT2D eigenvalue weighted by molar-refractivity contribution is 7.10. The number of aryl methyl sites for hydroxylation is 1. The van der Waals surface area contributed by atoms with Crippen molar-refractivity contribution in [2.45, 2.75) is 19.4 Å². The van der Waals surface area contributed by atoms with Crippen LogP contribution in [0.1, 0.15) is 39.5 Å². The number of hydrogen-bond acceptors (Lipinski definition) is 3. The van der Waals surface area contributed by atoms with E-state index >= 15 is 0 Å². The van der Waals surface area contributed by atoms with Crippen molar-refractivity contribution in [1.29, 1.82) is 0 Å². The fraction of sp³-hybridized carbons (Fsp3) is 0.136. The maximum Gasteiger partial charge on any atom is 0.287 e. The first kappa shape index (κ1) is 16.6. The van der Waals surface area contributed by atoms with Gasteiger partial charge in [0.2, 0.25) is 0 Å². The summed E-state index contributed by atoms with van der Waals surface area (Å²) in [6.07, 6.45) is 0.995. The van der Waals surface area contributed by atoms with Gasteiger partial charge < -0.3 is 9.73 Å². The number of thiophene rings is 1. The summed E-state index contributed by atoms with van der Waals surface area (Å²) in [4.78, 5) is 13.9. The number of rotatable bonds is 5. The average molecular weight is 361 g/mol. The maximum absolute atomic E-state index is 12.8. The molecule has 130 valence electrons. The fourth-order valence-corrected chi connectivity index (χ4v) is 3.82. The van der Waals surface area contributed by atoms with Gasteiger partial charge in [-0.05, 0) is 41.1 Å². The number of carbonyl (C=O) groups excluding carboxylic acids is 1. The Hall–Kier alpha value is -2.85. The molecular weight excluding hydrogens is 342 g/mol. The van der Waals surface area contributed by atoms with E-state index in [1.165, 1.54) is 5.56 Å². The van der Waals surface area contributed by atoms with Gasteiger partial charge in [-0.2, -0.15) is 0 Å². The third kappa shape index (κ3) is 3.28. The van der Waals surface area contributed by atoms with Crippen LogP contribution >= 0.6 is 11.3 Å². The number of fused-ring (bicyclic) bond motifs is 1. The van der Waals surface area contributed by atoms with E-state index in [1.807, 2.05) is 41.8 Å². The van der Waals surface area contributed by atoms with Gasteiger partial charge in [-0.1, -0.05) is 55.5 Å². The molecule has 4 rings (SSSR count). The van der Waals surface area contributed by atoms with Gasteiger partial charge in [-0.15, -0.1) is 11.3 Å². The molecule has 1 N–H and O–H groups in total. The molecule has 2 heterocycles. The van der Waals surface area contributed by atoms with Gasteiger partial charge in [0.15, 0.2) is 5.76 Å². The van der Waals surface area contributed by atoms with Gasteiger partial charge in [-0.25, -0.2) is 0 Å². The summed E-state index contributed by atoms with van der Waals surface area (Å²) in [7, 11) is 0. The van der Waals surface area contributed by atoms with Gasteiger partial charge in [0.1, 0.15) is 5.58 Å². The lowest BCUT2D eigenvalue weighted by Crippen LogP contribution is -2.28. The normalized spacial score (nSPS) is 12.2. The van der Waals surface area contributed by atoms with E-state index in [0.717, 1.165) is 27.8 Å². The van der Waals surface area contributed by atoms with Crippen LogP contribution in [-0.4, -0.2) is 5.91 Å². The SMILES string of the molecule is CCc1ccc([C@@H](NC(=O)c2cc3ccccc3o2)c2cccs2)cc1. The molecule has 0 saturated carbocycles. The van der Waals surface area contributed by atoms with E-state index in [9.17, 15) is 4.79 Å². The van der Waals surface area contributed by atoms with Crippen LogP contribution in [0.25, 0.3) is 11.0 Å². The third-order valence-electron chi connectivity index (χ3n) is 4.47. The Morgan fingerprint density at radius 2 is 1.88 bits per heavy atom. The molecule has 0 bridgehead atoms. The molecule has 0 aliphatic heterocycles. The molecule has 0 spiro atoms. The zero-order valence-electron chi connectivity index (χ0n) is 14.4. The topological polar surface area (TPSA) is 42.2 Å². The Morgan fingerprint density at radius 1 is 1.08 bits per heavy atom. The number of furan rings is 1. The first-order valence-corrected chi connectivity index (χ1v) is 9.54. The van der Waals surface area contributed by atoms with Gasteiger partial charge in [0, 0.05) is 10.3 Å². The zero-order chi connectivity index (χ0) is 17.9. The van der Waals surface area contributed by atoms with Crippen molar-refractivity contribution in [3.8, 4) is 0 Å². The second-order valence-corrected chi connectivity index (χ2v) is 7.14. The van der Waals surface area contributed by atoms with Crippen LogP contribution < -0.4 is 5.32 Å². The minimum Gasteiger partial charge on any atom is -0.451 e. The van der Waals surface area contributed by atoms with Crippen molar-refractivity contribution >= 4 is 28.2 Å². The largest absolute Gasteiger partial charge is 0.451 e. The monoisotopic (exact) mass is 361 g/mol. The second-order valence-electron chi connectivity index (χ2n) is 6.17. The van der Waals surface area contributed by atoms with Crippen molar-refractivity contribution < 1.29 is 9.21 Å². The first-order valence-electron chi connectivity index (χ1n) is 8.66. The number of carbonyl (C=O) groups is 1. The Bertz CT molecular complexity index is 983. The third-order valence-corrected chi connectivity index (χ3v) is 5.41. The lowest BCUT2D eigenvalue weighted by atomic mass is 10.0. The smallest absolute Gasteiger partial charge is 0.287 e. The summed E-state index contributed by atoms with van der Waals surface area (Å²) < 4.78 is 5.71. The van der Waals surface area contributed by atoms with Gasteiger partial charge in [0.25, 0.3) is 5.91 Å². The van der Waals surface area contributed by atoms with E-state index in [-0.39, 0.29) is 11.9 Å². The summed E-state index contributed by atoms with van der Waals surface area (Å²) >= 11 is 1.63. The van der Waals surface area contributed by atoms with Crippen molar-refractivity contribution in [3.05, 3.63) is 93.9 Å². The number of benzene rings is 2. The highest BCUT2D eigenvalue weighted by Crippen LogP contribution is 2.27. The van der Waals surface area contributed by atoms with Gasteiger partial charge >= 0.3 is 0 Å². The van der Waals surface area contributed by atoms with Crippen LogP contribution in [0.3, 0.4) is 0 Å². The number of hydrogen-bond donors (Lipinski definition) is 1. The summed E-state index contributed by atoms with van der Waals surface area (Å²) in [5, 5.41) is 6.08. The zero-order valence-corrected chi connectivity index (χ0v) is 15.3. The molecule has 0 aliphatic carbocycles. The Morgan fingerprint density at radius 3 is 2.58 bits per heavy atom. The molecule has 26 heavy (non-hydrogen) atoms.